The minimum absolute atomic E-state index is 0.0715. The number of carbonyl (C=O) groups is 1. The summed E-state index contributed by atoms with van der Waals surface area (Å²) in [5.74, 6) is -0.541. The molecule has 0 amide bonds. The molecule has 1 N–H and O–H groups in total. The zero-order valence-corrected chi connectivity index (χ0v) is 13.1. The van der Waals surface area contributed by atoms with Gasteiger partial charge in [0.1, 0.15) is 6.10 Å². The molecule has 6 nitrogen and oxygen atoms in total. The van der Waals surface area contributed by atoms with E-state index in [1.807, 2.05) is 0 Å². The standard InChI is InChI=1S/C14H19NO5Si/c1-21(2)8-7-12(16)13(9-21)20-14(17)10-3-5-11(6-4-10)15(18)19/h3-6,12-13,16H,7-9H2,1-2H3/t12-,13-/m1/s1. The molecule has 0 saturated carbocycles. The van der Waals surface area contributed by atoms with Crippen molar-refractivity contribution < 1.29 is 19.6 Å². The Morgan fingerprint density at radius 1 is 1.38 bits per heavy atom. The number of ether oxygens (including phenoxy) is 1. The summed E-state index contributed by atoms with van der Waals surface area (Å²) in [7, 11) is -1.41. The van der Waals surface area contributed by atoms with E-state index in [4.69, 9.17) is 4.74 Å². The average molecular weight is 309 g/mol. The number of nitro groups is 1. The van der Waals surface area contributed by atoms with Gasteiger partial charge in [-0.3, -0.25) is 10.1 Å². The number of aliphatic hydroxyl groups excluding tert-OH is 1. The molecule has 0 unspecified atom stereocenters. The fraction of sp³-hybridized carbons (Fsp3) is 0.500. The second kappa shape index (κ2) is 5.95. The maximum atomic E-state index is 12.1. The lowest BCUT2D eigenvalue weighted by Gasteiger charge is -2.36. The molecule has 0 aromatic heterocycles. The van der Waals surface area contributed by atoms with Gasteiger partial charge in [-0.05, 0) is 24.6 Å². The van der Waals surface area contributed by atoms with E-state index in [0.29, 0.717) is 6.42 Å². The summed E-state index contributed by atoms with van der Waals surface area (Å²) in [6.45, 7) is 4.43. The first kappa shape index (κ1) is 15.7. The topological polar surface area (TPSA) is 89.7 Å². The Kier molecular flexibility index (Phi) is 4.43. The molecule has 114 valence electrons. The molecule has 0 bridgehead atoms. The van der Waals surface area contributed by atoms with Gasteiger partial charge in [0.05, 0.1) is 24.7 Å². The van der Waals surface area contributed by atoms with Gasteiger partial charge in [0, 0.05) is 12.1 Å². The van der Waals surface area contributed by atoms with E-state index in [1.165, 1.54) is 24.3 Å². The maximum Gasteiger partial charge on any atom is 0.338 e. The number of esters is 1. The largest absolute Gasteiger partial charge is 0.456 e. The van der Waals surface area contributed by atoms with Crippen molar-refractivity contribution in [2.24, 2.45) is 0 Å². The van der Waals surface area contributed by atoms with Crippen LogP contribution in [0.1, 0.15) is 16.8 Å². The number of benzene rings is 1. The zero-order valence-electron chi connectivity index (χ0n) is 12.1. The molecule has 2 atom stereocenters. The monoisotopic (exact) mass is 309 g/mol. The van der Waals surface area contributed by atoms with Gasteiger partial charge in [0.2, 0.25) is 0 Å². The highest BCUT2D eigenvalue weighted by atomic mass is 28.3. The molecule has 1 aromatic rings. The fourth-order valence-corrected chi connectivity index (χ4v) is 5.28. The quantitative estimate of drug-likeness (QED) is 0.401. The second-order valence-electron chi connectivity index (χ2n) is 6.22. The van der Waals surface area contributed by atoms with Crippen molar-refractivity contribution in [2.75, 3.05) is 0 Å². The Labute approximate surface area is 123 Å². The zero-order chi connectivity index (χ0) is 15.6. The van der Waals surface area contributed by atoms with E-state index >= 15 is 0 Å². The molecule has 7 heteroatoms. The van der Waals surface area contributed by atoms with Gasteiger partial charge in [0.15, 0.2) is 0 Å². The minimum atomic E-state index is -1.41. The number of non-ortho nitro benzene ring substituents is 1. The van der Waals surface area contributed by atoms with Gasteiger partial charge in [-0.2, -0.15) is 0 Å². The molecule has 1 aliphatic rings. The molecular weight excluding hydrogens is 290 g/mol. The van der Waals surface area contributed by atoms with Crippen LogP contribution in [0.3, 0.4) is 0 Å². The Bertz CT molecular complexity index is 543. The maximum absolute atomic E-state index is 12.1. The predicted octanol–water partition coefficient (Wildman–Crippen LogP) is 2.59. The Balaban J connectivity index is 2.05. The van der Waals surface area contributed by atoms with Crippen molar-refractivity contribution in [3.8, 4) is 0 Å². The van der Waals surface area contributed by atoms with Crippen molar-refractivity contribution in [1.82, 2.24) is 0 Å². The van der Waals surface area contributed by atoms with Gasteiger partial charge in [-0.25, -0.2) is 4.79 Å². The summed E-state index contributed by atoms with van der Waals surface area (Å²) in [4.78, 5) is 22.1. The number of carbonyl (C=O) groups excluding carboxylic acids is 1. The lowest BCUT2D eigenvalue weighted by Crippen LogP contribution is -2.45. The predicted molar refractivity (Wildman–Crippen MR) is 80.0 cm³/mol. The number of nitro benzene ring substituents is 1. The van der Waals surface area contributed by atoms with Crippen LogP contribution in [-0.4, -0.2) is 36.3 Å². The van der Waals surface area contributed by atoms with E-state index in [1.54, 1.807) is 0 Å². The Morgan fingerprint density at radius 3 is 2.57 bits per heavy atom. The van der Waals surface area contributed by atoms with Crippen LogP contribution in [0.4, 0.5) is 5.69 Å². The third-order valence-electron chi connectivity index (χ3n) is 3.87. The SMILES string of the molecule is C[Si]1(C)CC[C@@H](O)[C@H](OC(=O)c2ccc([N+](=O)[O-])cc2)C1. The smallest absolute Gasteiger partial charge is 0.338 e. The molecule has 0 spiro atoms. The van der Waals surface area contributed by atoms with Crippen LogP contribution < -0.4 is 0 Å². The van der Waals surface area contributed by atoms with Gasteiger partial charge in [-0.15, -0.1) is 0 Å². The first-order valence-corrected chi connectivity index (χ1v) is 10.3. The van der Waals surface area contributed by atoms with Crippen LogP contribution in [0.15, 0.2) is 24.3 Å². The van der Waals surface area contributed by atoms with Crippen molar-refractivity contribution in [1.29, 1.82) is 0 Å². The van der Waals surface area contributed by atoms with Gasteiger partial charge in [0.25, 0.3) is 5.69 Å². The number of hydrogen-bond acceptors (Lipinski definition) is 5. The highest BCUT2D eigenvalue weighted by molar-refractivity contribution is 6.77. The van der Waals surface area contributed by atoms with Crippen LogP contribution >= 0.6 is 0 Å². The van der Waals surface area contributed by atoms with Crippen molar-refractivity contribution in [2.45, 2.75) is 43.8 Å². The second-order valence-corrected chi connectivity index (χ2v) is 11.5. The van der Waals surface area contributed by atoms with Gasteiger partial charge >= 0.3 is 5.97 Å². The summed E-state index contributed by atoms with van der Waals surface area (Å²) in [5.41, 5.74) is 0.190. The van der Waals surface area contributed by atoms with Crippen LogP contribution in [0.5, 0.6) is 0 Å². The van der Waals surface area contributed by atoms with Crippen molar-refractivity contribution >= 4 is 19.7 Å². The van der Waals surface area contributed by atoms with Gasteiger partial charge in [-0.1, -0.05) is 19.1 Å². The summed E-state index contributed by atoms with van der Waals surface area (Å²) in [6, 6.07) is 7.06. The van der Waals surface area contributed by atoms with Crippen LogP contribution in [0, 0.1) is 10.1 Å². The molecule has 1 fully saturated rings. The highest BCUT2D eigenvalue weighted by Gasteiger charge is 2.37. The van der Waals surface area contributed by atoms with E-state index in [0.717, 1.165) is 12.1 Å². The van der Waals surface area contributed by atoms with Crippen molar-refractivity contribution in [3.05, 3.63) is 39.9 Å². The van der Waals surface area contributed by atoms with Crippen molar-refractivity contribution in [3.63, 3.8) is 0 Å². The molecular formula is C14H19NO5Si. The van der Waals surface area contributed by atoms with Crippen LogP contribution in [-0.2, 0) is 4.74 Å². The molecule has 2 rings (SSSR count). The summed E-state index contributed by atoms with van der Waals surface area (Å²) >= 11 is 0. The van der Waals surface area contributed by atoms with Crippen LogP contribution in [0.2, 0.25) is 25.2 Å². The summed E-state index contributed by atoms with van der Waals surface area (Å²) in [6.07, 6.45) is -0.423. The Morgan fingerprint density at radius 2 is 2.00 bits per heavy atom. The molecule has 1 saturated heterocycles. The van der Waals surface area contributed by atoms with E-state index in [-0.39, 0.29) is 11.3 Å². The molecule has 21 heavy (non-hydrogen) atoms. The summed E-state index contributed by atoms with van der Waals surface area (Å²) < 4.78 is 5.40. The van der Waals surface area contributed by atoms with E-state index in [9.17, 15) is 20.0 Å². The lowest BCUT2D eigenvalue weighted by atomic mass is 10.1. The third-order valence-corrected chi connectivity index (χ3v) is 7.02. The first-order chi connectivity index (χ1) is 9.78. The highest BCUT2D eigenvalue weighted by Crippen LogP contribution is 2.31. The minimum Gasteiger partial charge on any atom is -0.456 e. The summed E-state index contributed by atoms with van der Waals surface area (Å²) in [5, 5.41) is 20.5. The van der Waals surface area contributed by atoms with Gasteiger partial charge < -0.3 is 9.84 Å². The molecule has 1 aliphatic heterocycles. The molecule has 1 aromatic carbocycles. The molecule has 1 heterocycles. The van der Waals surface area contributed by atoms with E-state index in [2.05, 4.69) is 13.1 Å². The van der Waals surface area contributed by atoms with E-state index < -0.39 is 31.2 Å². The van der Waals surface area contributed by atoms with Crippen LogP contribution in [0.25, 0.3) is 0 Å². The Hall–Kier alpha value is -1.73. The normalized spacial score (nSPS) is 24.3. The molecule has 0 radical (unpaired) electrons. The number of rotatable bonds is 3. The molecule has 0 aliphatic carbocycles. The number of hydrogen-bond donors (Lipinski definition) is 1. The number of aliphatic hydroxyl groups is 1. The first-order valence-electron chi connectivity index (χ1n) is 6.92. The number of nitrogens with zero attached hydrogens (tertiary/aromatic N) is 1. The lowest BCUT2D eigenvalue weighted by molar-refractivity contribution is -0.384. The third kappa shape index (κ3) is 3.89. The average Bonchev–Trinajstić information content (AvgIpc) is 2.42. The fourth-order valence-electron chi connectivity index (χ4n) is 2.55.